The van der Waals surface area contributed by atoms with Crippen LogP contribution in [0.1, 0.15) is 16.8 Å². The van der Waals surface area contributed by atoms with Crippen LogP contribution in [0.15, 0.2) is 48.5 Å². The molecule has 1 aliphatic rings. The Morgan fingerprint density at radius 2 is 1.72 bits per heavy atom. The van der Waals surface area contributed by atoms with E-state index < -0.39 is 15.9 Å². The van der Waals surface area contributed by atoms with Crippen LogP contribution in [0.25, 0.3) is 0 Å². The summed E-state index contributed by atoms with van der Waals surface area (Å²) in [4.78, 5) is 24.0. The molecule has 0 bridgehead atoms. The lowest BCUT2D eigenvalue weighted by Gasteiger charge is -2.15. The Balaban J connectivity index is 1.75. The first-order valence-electron chi connectivity index (χ1n) is 7.52. The van der Waals surface area contributed by atoms with Gasteiger partial charge in [0.1, 0.15) is 5.75 Å². The van der Waals surface area contributed by atoms with Crippen LogP contribution in [0, 0.1) is 0 Å². The average molecular weight is 360 g/mol. The second kappa shape index (κ2) is 6.56. The summed E-state index contributed by atoms with van der Waals surface area (Å²) >= 11 is 0. The average Bonchev–Trinajstić information content (AvgIpc) is 2.88. The lowest BCUT2D eigenvalue weighted by Crippen LogP contribution is -2.29. The van der Waals surface area contributed by atoms with E-state index in [4.69, 9.17) is 4.74 Å². The van der Waals surface area contributed by atoms with E-state index in [1.54, 1.807) is 31.4 Å². The van der Waals surface area contributed by atoms with Gasteiger partial charge in [-0.1, -0.05) is 0 Å². The Bertz CT molecular complexity index is 905. The van der Waals surface area contributed by atoms with Gasteiger partial charge in [-0.3, -0.25) is 9.59 Å². The minimum absolute atomic E-state index is 0.0258. The zero-order valence-corrected chi connectivity index (χ0v) is 14.2. The molecule has 7 nitrogen and oxygen atoms in total. The van der Waals surface area contributed by atoms with E-state index in [1.807, 2.05) is 0 Å². The van der Waals surface area contributed by atoms with Crippen LogP contribution in [-0.4, -0.2) is 33.1 Å². The molecule has 3 rings (SSSR count). The number of amides is 2. The first kappa shape index (κ1) is 17.0. The maximum atomic E-state index is 12.3. The molecule has 1 heterocycles. The van der Waals surface area contributed by atoms with Crippen molar-refractivity contribution in [3.05, 3.63) is 54.1 Å². The van der Waals surface area contributed by atoms with Gasteiger partial charge in [0.2, 0.25) is 15.9 Å². The minimum atomic E-state index is -3.61. The quantitative estimate of drug-likeness (QED) is 0.900. The number of hydrogen-bond donors (Lipinski definition) is 1. The number of rotatable bonds is 4. The summed E-state index contributed by atoms with van der Waals surface area (Å²) in [7, 11) is -2.05. The van der Waals surface area contributed by atoms with Crippen molar-refractivity contribution < 1.29 is 22.7 Å². The maximum Gasteiger partial charge on any atom is 0.255 e. The van der Waals surface area contributed by atoms with Gasteiger partial charge in [-0.05, 0) is 48.5 Å². The van der Waals surface area contributed by atoms with Crippen molar-refractivity contribution in [1.82, 2.24) is 0 Å². The third-order valence-electron chi connectivity index (χ3n) is 3.79. The van der Waals surface area contributed by atoms with Crippen molar-refractivity contribution in [3.8, 4) is 5.75 Å². The molecular formula is C17H16N2O5S. The molecule has 0 saturated carbocycles. The molecule has 1 N–H and O–H groups in total. The van der Waals surface area contributed by atoms with Gasteiger partial charge in [-0.15, -0.1) is 0 Å². The molecular weight excluding hydrogens is 344 g/mol. The van der Waals surface area contributed by atoms with Crippen LogP contribution < -0.4 is 14.4 Å². The van der Waals surface area contributed by atoms with Crippen molar-refractivity contribution in [3.63, 3.8) is 0 Å². The molecule has 1 saturated heterocycles. The molecule has 0 unspecified atom stereocenters. The Morgan fingerprint density at radius 1 is 1.08 bits per heavy atom. The number of anilines is 2. The van der Waals surface area contributed by atoms with Crippen molar-refractivity contribution in [2.75, 3.05) is 22.5 Å². The SMILES string of the molecule is COc1ccc(NC(=O)c2ccc(N3C(=O)CCS3(=O)=O)cc2)cc1. The third kappa shape index (κ3) is 3.48. The van der Waals surface area contributed by atoms with Crippen LogP contribution in [0.3, 0.4) is 0 Å². The fourth-order valence-electron chi connectivity index (χ4n) is 2.49. The standard InChI is InChI=1S/C17H16N2O5S/c1-24-15-8-4-13(5-9-15)18-17(21)12-2-6-14(7-3-12)19-16(20)10-11-25(19,22)23/h2-9H,10-11H2,1H3,(H,18,21). The highest BCUT2D eigenvalue weighted by molar-refractivity contribution is 7.94. The molecule has 1 aliphatic heterocycles. The van der Waals surface area contributed by atoms with Gasteiger partial charge in [0.25, 0.3) is 5.91 Å². The van der Waals surface area contributed by atoms with Gasteiger partial charge >= 0.3 is 0 Å². The highest BCUT2D eigenvalue weighted by Crippen LogP contribution is 2.25. The van der Waals surface area contributed by atoms with Crippen LogP contribution >= 0.6 is 0 Å². The smallest absolute Gasteiger partial charge is 0.255 e. The first-order chi connectivity index (χ1) is 11.9. The van der Waals surface area contributed by atoms with Crippen molar-refractivity contribution >= 4 is 33.2 Å². The largest absolute Gasteiger partial charge is 0.497 e. The highest BCUT2D eigenvalue weighted by atomic mass is 32.2. The highest BCUT2D eigenvalue weighted by Gasteiger charge is 2.36. The molecule has 0 atom stereocenters. The molecule has 25 heavy (non-hydrogen) atoms. The van der Waals surface area contributed by atoms with Gasteiger partial charge in [-0.2, -0.15) is 0 Å². The summed E-state index contributed by atoms with van der Waals surface area (Å²) in [5.74, 6) is -0.312. The zero-order valence-electron chi connectivity index (χ0n) is 13.4. The number of nitrogens with one attached hydrogen (secondary N) is 1. The second-order valence-electron chi connectivity index (χ2n) is 5.45. The maximum absolute atomic E-state index is 12.3. The number of nitrogens with zero attached hydrogens (tertiary/aromatic N) is 1. The predicted molar refractivity (Wildman–Crippen MR) is 93.3 cm³/mol. The van der Waals surface area contributed by atoms with E-state index in [0.717, 1.165) is 4.31 Å². The molecule has 0 spiro atoms. The summed E-state index contributed by atoms with van der Waals surface area (Å²) < 4.78 is 29.6. The Kier molecular flexibility index (Phi) is 4.45. The number of carbonyl (C=O) groups is 2. The number of ether oxygens (including phenoxy) is 1. The summed E-state index contributed by atoms with van der Waals surface area (Å²) in [6.07, 6.45) is -0.0258. The molecule has 2 aromatic rings. The van der Waals surface area contributed by atoms with Crippen LogP contribution in [0.4, 0.5) is 11.4 Å². The van der Waals surface area contributed by atoms with Crippen LogP contribution in [-0.2, 0) is 14.8 Å². The Labute approximate surface area is 145 Å². The van der Waals surface area contributed by atoms with Crippen LogP contribution in [0.5, 0.6) is 5.75 Å². The number of sulfonamides is 1. The van der Waals surface area contributed by atoms with Gasteiger partial charge in [-0.25, -0.2) is 12.7 Å². The van der Waals surface area contributed by atoms with E-state index in [0.29, 0.717) is 17.0 Å². The zero-order chi connectivity index (χ0) is 18.0. The van der Waals surface area contributed by atoms with Gasteiger partial charge < -0.3 is 10.1 Å². The topological polar surface area (TPSA) is 92.8 Å². The Hall–Kier alpha value is -2.87. The normalized spacial score (nSPS) is 15.9. The van der Waals surface area contributed by atoms with E-state index in [-0.39, 0.29) is 23.8 Å². The summed E-state index contributed by atoms with van der Waals surface area (Å²) in [5, 5.41) is 2.73. The number of benzene rings is 2. The molecule has 0 aromatic heterocycles. The Morgan fingerprint density at radius 3 is 2.24 bits per heavy atom. The first-order valence-corrected chi connectivity index (χ1v) is 9.13. The van der Waals surface area contributed by atoms with Crippen LogP contribution in [0.2, 0.25) is 0 Å². The number of carbonyl (C=O) groups excluding carboxylic acids is 2. The fourth-order valence-corrected chi connectivity index (χ4v) is 3.95. The molecule has 0 radical (unpaired) electrons. The van der Waals surface area contributed by atoms with Gasteiger partial charge in [0, 0.05) is 17.7 Å². The monoisotopic (exact) mass is 360 g/mol. The lowest BCUT2D eigenvalue weighted by atomic mass is 10.2. The number of methoxy groups -OCH3 is 1. The number of hydrogen-bond acceptors (Lipinski definition) is 5. The molecule has 2 amide bonds. The molecule has 1 fully saturated rings. The van der Waals surface area contributed by atoms with E-state index in [1.165, 1.54) is 24.3 Å². The van der Waals surface area contributed by atoms with Crippen molar-refractivity contribution in [2.45, 2.75) is 6.42 Å². The third-order valence-corrected chi connectivity index (χ3v) is 5.48. The fraction of sp³-hybridized carbons (Fsp3) is 0.176. The minimum Gasteiger partial charge on any atom is -0.497 e. The molecule has 2 aromatic carbocycles. The summed E-state index contributed by atoms with van der Waals surface area (Å²) in [6.45, 7) is 0. The summed E-state index contributed by atoms with van der Waals surface area (Å²) in [6, 6.07) is 12.7. The van der Waals surface area contributed by atoms with E-state index in [9.17, 15) is 18.0 Å². The van der Waals surface area contributed by atoms with Gasteiger partial charge in [0.05, 0.1) is 18.6 Å². The molecule has 0 aliphatic carbocycles. The summed E-state index contributed by atoms with van der Waals surface area (Å²) in [5.41, 5.74) is 1.19. The predicted octanol–water partition coefficient (Wildman–Crippen LogP) is 2.01. The molecule has 8 heteroatoms. The van der Waals surface area contributed by atoms with Crippen molar-refractivity contribution in [2.24, 2.45) is 0 Å². The molecule has 130 valence electrons. The van der Waals surface area contributed by atoms with Gasteiger partial charge in [0.15, 0.2) is 0 Å². The van der Waals surface area contributed by atoms with E-state index >= 15 is 0 Å². The van der Waals surface area contributed by atoms with Crippen molar-refractivity contribution in [1.29, 1.82) is 0 Å². The lowest BCUT2D eigenvalue weighted by molar-refractivity contribution is -0.116. The second-order valence-corrected chi connectivity index (χ2v) is 7.39. The van der Waals surface area contributed by atoms with E-state index in [2.05, 4.69) is 5.32 Å².